The third kappa shape index (κ3) is 6.23. The predicted octanol–water partition coefficient (Wildman–Crippen LogP) is 3.81. The van der Waals surface area contributed by atoms with Gasteiger partial charge in [0.25, 0.3) is 5.91 Å². The predicted molar refractivity (Wildman–Crippen MR) is 108 cm³/mol. The molecule has 0 bridgehead atoms. The van der Waals surface area contributed by atoms with Crippen LogP contribution in [-0.4, -0.2) is 36.5 Å². The molecule has 28 heavy (non-hydrogen) atoms. The van der Waals surface area contributed by atoms with E-state index >= 15 is 0 Å². The van der Waals surface area contributed by atoms with Crippen molar-refractivity contribution in [2.45, 2.75) is 33.3 Å². The average Bonchev–Trinajstić information content (AvgIpc) is 2.63. The molecule has 6 heteroatoms. The molecule has 0 aromatic heterocycles. The van der Waals surface area contributed by atoms with Crippen molar-refractivity contribution in [1.29, 1.82) is 0 Å². The minimum atomic E-state index is -0.569. The van der Waals surface area contributed by atoms with Gasteiger partial charge in [-0.3, -0.25) is 9.59 Å². The van der Waals surface area contributed by atoms with Gasteiger partial charge in [-0.2, -0.15) is 0 Å². The molecule has 0 aliphatic heterocycles. The van der Waals surface area contributed by atoms with Crippen molar-refractivity contribution in [3.63, 3.8) is 0 Å². The Labute approximate surface area is 165 Å². The molecule has 2 aromatic carbocycles. The normalized spacial score (nSPS) is 10.9. The zero-order valence-electron chi connectivity index (χ0n) is 16.7. The molecule has 0 spiro atoms. The van der Waals surface area contributed by atoms with E-state index in [4.69, 9.17) is 4.74 Å². The van der Waals surface area contributed by atoms with E-state index in [-0.39, 0.29) is 24.8 Å². The summed E-state index contributed by atoms with van der Waals surface area (Å²) in [6, 6.07) is 14.4. The van der Waals surface area contributed by atoms with Gasteiger partial charge in [-0.15, -0.1) is 0 Å². The van der Waals surface area contributed by atoms with Crippen molar-refractivity contribution >= 4 is 17.8 Å². The van der Waals surface area contributed by atoms with Crippen LogP contribution in [0.5, 0.6) is 0 Å². The molecule has 0 atom stereocenters. The molecular formula is C22H26N2O4. The molecule has 0 heterocycles. The lowest BCUT2D eigenvalue weighted by atomic mass is 9.97. The van der Waals surface area contributed by atoms with Crippen molar-refractivity contribution in [3.05, 3.63) is 59.7 Å². The summed E-state index contributed by atoms with van der Waals surface area (Å²) in [5, 5.41) is 5.39. The first-order valence-electron chi connectivity index (χ1n) is 9.13. The Morgan fingerprint density at radius 1 is 0.929 bits per heavy atom. The molecule has 2 aromatic rings. The quantitative estimate of drug-likeness (QED) is 0.588. The number of amides is 2. The maximum absolute atomic E-state index is 12.6. The number of nitrogens with one attached hydrogen (secondary N) is 2. The van der Waals surface area contributed by atoms with Crippen LogP contribution in [-0.2, 0) is 4.74 Å². The fraction of sp³-hybridized carbons (Fsp3) is 0.318. The molecular weight excluding hydrogens is 356 g/mol. The highest BCUT2D eigenvalue weighted by Crippen LogP contribution is 2.24. The second-order valence-electron chi connectivity index (χ2n) is 7.37. The molecule has 0 aliphatic carbocycles. The summed E-state index contributed by atoms with van der Waals surface area (Å²) in [6.07, 6.45) is -0.525. The maximum Gasteiger partial charge on any atom is 0.407 e. The third-order valence-corrected chi connectivity index (χ3v) is 3.83. The van der Waals surface area contributed by atoms with Crippen LogP contribution in [0.1, 0.15) is 48.4 Å². The molecule has 2 amide bonds. The largest absolute Gasteiger partial charge is 0.444 e. The van der Waals surface area contributed by atoms with Crippen molar-refractivity contribution < 1.29 is 19.1 Å². The first-order chi connectivity index (χ1) is 13.2. The van der Waals surface area contributed by atoms with E-state index in [2.05, 4.69) is 10.6 Å². The number of ether oxygens (including phenoxy) is 1. The van der Waals surface area contributed by atoms with Gasteiger partial charge in [0.15, 0.2) is 5.78 Å². The van der Waals surface area contributed by atoms with Crippen LogP contribution in [0.4, 0.5) is 4.79 Å². The first-order valence-corrected chi connectivity index (χ1v) is 9.13. The van der Waals surface area contributed by atoms with E-state index < -0.39 is 11.7 Å². The summed E-state index contributed by atoms with van der Waals surface area (Å²) in [6.45, 7) is 7.38. The van der Waals surface area contributed by atoms with Crippen LogP contribution >= 0.6 is 0 Å². The Bertz CT molecular complexity index is 869. The van der Waals surface area contributed by atoms with Crippen LogP contribution in [0, 0.1) is 0 Å². The standard InChI is InChI=1S/C22H26N2O4/c1-15(25)16-8-7-9-17(14-16)18-10-5-6-11-19(18)20(26)23-12-13-24-21(27)28-22(2,3)4/h5-11,14H,12-13H2,1-4H3,(H,23,26)(H,24,27). The van der Waals surface area contributed by atoms with Gasteiger partial charge in [0.05, 0.1) is 0 Å². The summed E-state index contributed by atoms with van der Waals surface area (Å²) in [5.41, 5.74) is 2.06. The first kappa shape index (κ1) is 21.2. The highest BCUT2D eigenvalue weighted by Gasteiger charge is 2.16. The monoisotopic (exact) mass is 382 g/mol. The van der Waals surface area contributed by atoms with Crippen LogP contribution in [0.25, 0.3) is 11.1 Å². The van der Waals surface area contributed by atoms with Gasteiger partial charge in [-0.1, -0.05) is 36.4 Å². The molecule has 2 N–H and O–H groups in total. The van der Waals surface area contributed by atoms with Gasteiger partial charge < -0.3 is 15.4 Å². The molecule has 0 fully saturated rings. The molecule has 0 saturated heterocycles. The topological polar surface area (TPSA) is 84.5 Å². The molecule has 0 saturated carbocycles. The molecule has 0 aliphatic rings. The fourth-order valence-electron chi connectivity index (χ4n) is 2.59. The number of benzene rings is 2. The smallest absolute Gasteiger partial charge is 0.407 e. The summed E-state index contributed by atoms with van der Waals surface area (Å²) >= 11 is 0. The van der Waals surface area contributed by atoms with Crippen LogP contribution in [0.2, 0.25) is 0 Å². The van der Waals surface area contributed by atoms with Gasteiger partial charge >= 0.3 is 6.09 Å². The van der Waals surface area contributed by atoms with Crippen molar-refractivity contribution in [1.82, 2.24) is 10.6 Å². The number of rotatable bonds is 6. The van der Waals surface area contributed by atoms with E-state index in [1.807, 2.05) is 18.2 Å². The van der Waals surface area contributed by atoms with E-state index in [9.17, 15) is 14.4 Å². The third-order valence-electron chi connectivity index (χ3n) is 3.83. The van der Waals surface area contributed by atoms with Gasteiger partial charge in [0.1, 0.15) is 5.60 Å². The Kier molecular flexibility index (Phi) is 6.93. The van der Waals surface area contributed by atoms with E-state index in [0.717, 1.165) is 11.1 Å². The van der Waals surface area contributed by atoms with Gasteiger partial charge in [0, 0.05) is 24.2 Å². The second-order valence-corrected chi connectivity index (χ2v) is 7.37. The number of ketones is 1. The number of carbonyl (C=O) groups excluding carboxylic acids is 3. The lowest BCUT2D eigenvalue weighted by molar-refractivity contribution is 0.0526. The number of carbonyl (C=O) groups is 3. The lowest BCUT2D eigenvalue weighted by Crippen LogP contribution is -2.37. The Hall–Kier alpha value is -3.15. The molecule has 148 valence electrons. The van der Waals surface area contributed by atoms with Crippen molar-refractivity contribution in [3.8, 4) is 11.1 Å². The minimum Gasteiger partial charge on any atom is -0.444 e. The SMILES string of the molecule is CC(=O)c1cccc(-c2ccccc2C(=O)NCCNC(=O)OC(C)(C)C)c1. The maximum atomic E-state index is 12.6. The van der Waals surface area contributed by atoms with Gasteiger partial charge in [-0.05, 0) is 51.0 Å². The summed E-state index contributed by atoms with van der Waals surface area (Å²) in [7, 11) is 0. The highest BCUT2D eigenvalue weighted by atomic mass is 16.6. The van der Waals surface area contributed by atoms with Crippen LogP contribution < -0.4 is 10.6 Å². The summed E-state index contributed by atoms with van der Waals surface area (Å²) in [4.78, 5) is 35.9. The average molecular weight is 382 g/mol. The summed E-state index contributed by atoms with van der Waals surface area (Å²) in [5.74, 6) is -0.285. The van der Waals surface area contributed by atoms with Crippen LogP contribution in [0.3, 0.4) is 0 Å². The Morgan fingerprint density at radius 3 is 2.29 bits per heavy atom. The molecule has 0 radical (unpaired) electrons. The molecule has 6 nitrogen and oxygen atoms in total. The fourth-order valence-corrected chi connectivity index (χ4v) is 2.59. The highest BCUT2D eigenvalue weighted by molar-refractivity contribution is 6.02. The van der Waals surface area contributed by atoms with Crippen molar-refractivity contribution in [2.24, 2.45) is 0 Å². The zero-order chi connectivity index (χ0) is 20.7. The van der Waals surface area contributed by atoms with Crippen molar-refractivity contribution in [2.75, 3.05) is 13.1 Å². The number of Topliss-reactive ketones (excluding diaryl/α,β-unsaturated/α-hetero) is 1. The van der Waals surface area contributed by atoms with E-state index in [1.165, 1.54) is 6.92 Å². The Morgan fingerprint density at radius 2 is 1.61 bits per heavy atom. The lowest BCUT2D eigenvalue weighted by Gasteiger charge is -2.19. The molecule has 2 rings (SSSR count). The Balaban J connectivity index is 2.02. The van der Waals surface area contributed by atoms with Crippen LogP contribution in [0.15, 0.2) is 48.5 Å². The minimum absolute atomic E-state index is 0.0306. The number of hydrogen-bond donors (Lipinski definition) is 2. The van der Waals surface area contributed by atoms with Gasteiger partial charge in [0.2, 0.25) is 0 Å². The summed E-state index contributed by atoms with van der Waals surface area (Å²) < 4.78 is 5.15. The zero-order valence-corrected chi connectivity index (χ0v) is 16.7. The van der Waals surface area contributed by atoms with Gasteiger partial charge in [-0.25, -0.2) is 4.79 Å². The van der Waals surface area contributed by atoms with E-state index in [0.29, 0.717) is 11.1 Å². The molecule has 0 unspecified atom stereocenters. The second kappa shape index (κ2) is 9.17. The van der Waals surface area contributed by atoms with E-state index in [1.54, 1.807) is 51.1 Å². The number of alkyl carbamates (subject to hydrolysis) is 1. The number of hydrogen-bond acceptors (Lipinski definition) is 4.